The number of hydrogen-bond acceptors (Lipinski definition) is 4. The Morgan fingerprint density at radius 2 is 2.58 bits per heavy atom. The summed E-state index contributed by atoms with van der Waals surface area (Å²) in [6.45, 7) is 2.89. The highest BCUT2D eigenvalue weighted by atomic mass is 32.1. The first-order valence-electron chi connectivity index (χ1n) is 3.69. The summed E-state index contributed by atoms with van der Waals surface area (Å²) < 4.78 is 1.44. The van der Waals surface area contributed by atoms with Crippen molar-refractivity contribution in [2.75, 3.05) is 12.3 Å². The van der Waals surface area contributed by atoms with Crippen LogP contribution in [0.5, 0.6) is 0 Å². The molecule has 3 N–H and O–H groups in total. The molecule has 12 heavy (non-hydrogen) atoms. The summed E-state index contributed by atoms with van der Waals surface area (Å²) in [4.78, 5) is 3.75. The van der Waals surface area contributed by atoms with Crippen LogP contribution in [0.2, 0.25) is 0 Å². The Labute approximate surface area is 76.0 Å². The minimum atomic E-state index is 0.232. The Hall–Kier alpha value is -1.17. The molecule has 0 aromatic carbocycles. The van der Waals surface area contributed by atoms with Gasteiger partial charge in [0.25, 0.3) is 0 Å². The van der Waals surface area contributed by atoms with Gasteiger partial charge >= 0.3 is 0 Å². The standard InChI is InChI=1S/C6H11N5S/c1-2-3-8-6(12)11-4-9-5(7)10-11/h4H,2-3H2,1H3,(H2,7,10)(H,8,12). The van der Waals surface area contributed by atoms with Gasteiger partial charge in [0, 0.05) is 6.54 Å². The maximum atomic E-state index is 5.31. The third kappa shape index (κ3) is 2.16. The molecule has 5 nitrogen and oxygen atoms in total. The molecule has 0 atom stereocenters. The van der Waals surface area contributed by atoms with E-state index in [4.69, 9.17) is 18.0 Å². The van der Waals surface area contributed by atoms with E-state index in [2.05, 4.69) is 22.3 Å². The number of nitrogens with two attached hydrogens (primary N) is 1. The van der Waals surface area contributed by atoms with Gasteiger partial charge in [-0.1, -0.05) is 6.92 Å². The van der Waals surface area contributed by atoms with Crippen molar-refractivity contribution in [3.8, 4) is 0 Å². The molecular weight excluding hydrogens is 174 g/mol. The molecule has 66 valence electrons. The second-order valence-corrected chi connectivity index (χ2v) is 2.67. The van der Waals surface area contributed by atoms with Crippen LogP contribution in [0.15, 0.2) is 6.33 Å². The molecule has 1 rings (SSSR count). The van der Waals surface area contributed by atoms with Crippen molar-refractivity contribution in [3.05, 3.63) is 6.33 Å². The fraction of sp³-hybridized carbons (Fsp3) is 0.500. The summed E-state index contributed by atoms with van der Waals surface area (Å²) in [5.41, 5.74) is 5.31. The molecule has 0 aliphatic rings. The molecule has 0 aliphatic heterocycles. The molecular formula is C6H11N5S. The van der Waals surface area contributed by atoms with Crippen LogP contribution in [-0.4, -0.2) is 26.4 Å². The Balaban J connectivity index is 2.53. The number of nitrogen functional groups attached to an aromatic ring is 1. The maximum absolute atomic E-state index is 5.31. The minimum Gasteiger partial charge on any atom is -0.366 e. The van der Waals surface area contributed by atoms with E-state index in [1.54, 1.807) is 0 Å². The fourth-order valence-corrected chi connectivity index (χ4v) is 0.877. The van der Waals surface area contributed by atoms with Crippen molar-refractivity contribution in [2.24, 2.45) is 0 Å². The van der Waals surface area contributed by atoms with Crippen molar-refractivity contribution in [2.45, 2.75) is 13.3 Å². The zero-order valence-corrected chi connectivity index (χ0v) is 7.64. The van der Waals surface area contributed by atoms with Crippen molar-refractivity contribution in [1.29, 1.82) is 0 Å². The van der Waals surface area contributed by atoms with Gasteiger partial charge in [0.15, 0.2) is 5.11 Å². The van der Waals surface area contributed by atoms with E-state index in [0.29, 0.717) is 5.11 Å². The third-order valence-corrected chi connectivity index (χ3v) is 1.58. The molecule has 0 amide bonds. The second-order valence-electron chi connectivity index (χ2n) is 2.28. The van der Waals surface area contributed by atoms with Crippen molar-refractivity contribution >= 4 is 23.3 Å². The first-order chi connectivity index (χ1) is 5.74. The Morgan fingerprint density at radius 1 is 1.83 bits per heavy atom. The number of rotatable bonds is 2. The van der Waals surface area contributed by atoms with Crippen LogP contribution in [0, 0.1) is 0 Å². The number of aromatic nitrogens is 3. The molecule has 1 aromatic rings. The van der Waals surface area contributed by atoms with Gasteiger partial charge in [-0.3, -0.25) is 0 Å². The molecule has 0 fully saturated rings. The zero-order valence-electron chi connectivity index (χ0n) is 6.82. The highest BCUT2D eigenvalue weighted by molar-refractivity contribution is 7.80. The summed E-state index contributed by atoms with van der Waals surface area (Å²) in [7, 11) is 0. The van der Waals surface area contributed by atoms with Gasteiger partial charge in [-0.25, -0.2) is 4.98 Å². The van der Waals surface area contributed by atoms with E-state index >= 15 is 0 Å². The van der Waals surface area contributed by atoms with E-state index in [0.717, 1.165) is 13.0 Å². The van der Waals surface area contributed by atoms with Crippen LogP contribution in [0.3, 0.4) is 0 Å². The summed E-state index contributed by atoms with van der Waals surface area (Å²) in [6, 6.07) is 0. The average Bonchev–Trinajstić information content (AvgIpc) is 2.47. The lowest BCUT2D eigenvalue weighted by atomic mass is 10.5. The quantitative estimate of drug-likeness (QED) is 0.634. The summed E-state index contributed by atoms with van der Waals surface area (Å²) >= 11 is 4.99. The maximum Gasteiger partial charge on any atom is 0.239 e. The Bertz CT molecular complexity index is 269. The van der Waals surface area contributed by atoms with E-state index < -0.39 is 0 Å². The van der Waals surface area contributed by atoms with E-state index in [1.165, 1.54) is 11.0 Å². The largest absolute Gasteiger partial charge is 0.366 e. The van der Waals surface area contributed by atoms with E-state index in [9.17, 15) is 0 Å². The van der Waals surface area contributed by atoms with E-state index in [1.807, 2.05) is 0 Å². The predicted octanol–water partition coefficient (Wildman–Crippen LogP) is -0.00710. The predicted molar refractivity (Wildman–Crippen MR) is 50.7 cm³/mol. The minimum absolute atomic E-state index is 0.232. The van der Waals surface area contributed by atoms with Crippen LogP contribution in [0.1, 0.15) is 13.3 Å². The van der Waals surface area contributed by atoms with Crippen LogP contribution in [0.4, 0.5) is 5.95 Å². The average molecular weight is 185 g/mol. The van der Waals surface area contributed by atoms with Crippen LogP contribution in [-0.2, 0) is 0 Å². The van der Waals surface area contributed by atoms with Gasteiger partial charge in [0.05, 0.1) is 0 Å². The van der Waals surface area contributed by atoms with Crippen LogP contribution in [0.25, 0.3) is 0 Å². The van der Waals surface area contributed by atoms with Gasteiger partial charge in [-0.05, 0) is 18.6 Å². The van der Waals surface area contributed by atoms with Crippen molar-refractivity contribution < 1.29 is 0 Å². The first-order valence-corrected chi connectivity index (χ1v) is 4.10. The van der Waals surface area contributed by atoms with E-state index in [-0.39, 0.29) is 5.95 Å². The lowest BCUT2D eigenvalue weighted by Crippen LogP contribution is -2.29. The second kappa shape index (κ2) is 4.01. The molecule has 0 unspecified atom stereocenters. The topological polar surface area (TPSA) is 68.8 Å². The number of thiocarbonyl (C=S) groups is 1. The Kier molecular flexibility index (Phi) is 2.98. The van der Waals surface area contributed by atoms with Crippen LogP contribution < -0.4 is 11.1 Å². The van der Waals surface area contributed by atoms with Gasteiger partial charge in [0.2, 0.25) is 5.95 Å². The molecule has 0 aliphatic carbocycles. The number of nitrogens with zero attached hydrogens (tertiary/aromatic N) is 3. The molecule has 0 radical (unpaired) electrons. The number of nitrogens with one attached hydrogen (secondary N) is 1. The SMILES string of the molecule is CCCNC(=S)n1cnc(N)n1. The zero-order chi connectivity index (χ0) is 8.97. The molecule has 0 bridgehead atoms. The van der Waals surface area contributed by atoms with Crippen molar-refractivity contribution in [3.63, 3.8) is 0 Å². The monoisotopic (exact) mass is 185 g/mol. The number of anilines is 1. The molecule has 1 aromatic heterocycles. The fourth-order valence-electron chi connectivity index (χ4n) is 0.687. The normalized spacial score (nSPS) is 9.75. The van der Waals surface area contributed by atoms with Gasteiger partial charge < -0.3 is 11.1 Å². The summed E-state index contributed by atoms with van der Waals surface area (Å²) in [6.07, 6.45) is 2.50. The van der Waals surface area contributed by atoms with Gasteiger partial charge in [-0.2, -0.15) is 4.68 Å². The highest BCUT2D eigenvalue weighted by Gasteiger charge is 2.00. The summed E-state index contributed by atoms with van der Waals surface area (Å²) in [5.74, 6) is 0.232. The molecule has 0 saturated heterocycles. The molecule has 6 heteroatoms. The first kappa shape index (κ1) is 8.92. The smallest absolute Gasteiger partial charge is 0.239 e. The van der Waals surface area contributed by atoms with Gasteiger partial charge in [-0.15, -0.1) is 5.10 Å². The molecule has 1 heterocycles. The highest BCUT2D eigenvalue weighted by Crippen LogP contribution is 1.88. The molecule has 0 spiro atoms. The lowest BCUT2D eigenvalue weighted by molar-refractivity contribution is 0.801. The third-order valence-electron chi connectivity index (χ3n) is 1.24. The number of hydrogen-bond donors (Lipinski definition) is 2. The van der Waals surface area contributed by atoms with Crippen LogP contribution >= 0.6 is 12.2 Å². The Morgan fingerprint density at radius 3 is 3.08 bits per heavy atom. The van der Waals surface area contributed by atoms with Crippen molar-refractivity contribution in [1.82, 2.24) is 20.1 Å². The lowest BCUT2D eigenvalue weighted by Gasteiger charge is -2.03. The van der Waals surface area contributed by atoms with Gasteiger partial charge in [0.1, 0.15) is 6.33 Å². The summed E-state index contributed by atoms with van der Waals surface area (Å²) in [5, 5.41) is 7.37. The molecule has 0 saturated carbocycles.